The van der Waals surface area contributed by atoms with Crippen LogP contribution in [0.2, 0.25) is 0 Å². The summed E-state index contributed by atoms with van der Waals surface area (Å²) in [5.41, 5.74) is 5.59. The predicted molar refractivity (Wildman–Crippen MR) is 63.3 cm³/mol. The second-order valence-electron chi connectivity index (χ2n) is 3.57. The molecule has 0 amide bonds. The SMILES string of the molecule is CCOc1ccc(S(=O)(=O)NCC(F)(F)F)cc1N. The zero-order chi connectivity index (χ0) is 14.7. The van der Waals surface area contributed by atoms with Gasteiger partial charge in [0.05, 0.1) is 17.2 Å². The van der Waals surface area contributed by atoms with Gasteiger partial charge in [-0.3, -0.25) is 0 Å². The number of nitrogens with one attached hydrogen (secondary N) is 1. The van der Waals surface area contributed by atoms with Gasteiger partial charge in [-0.1, -0.05) is 0 Å². The van der Waals surface area contributed by atoms with Crippen LogP contribution in [0.1, 0.15) is 6.92 Å². The Balaban J connectivity index is 2.93. The van der Waals surface area contributed by atoms with Gasteiger partial charge in [0.2, 0.25) is 10.0 Å². The lowest BCUT2D eigenvalue weighted by Gasteiger charge is -2.11. The summed E-state index contributed by atoms with van der Waals surface area (Å²) < 4.78 is 65.7. The highest BCUT2D eigenvalue weighted by Crippen LogP contribution is 2.25. The first-order valence-corrected chi connectivity index (χ1v) is 6.73. The summed E-state index contributed by atoms with van der Waals surface area (Å²) in [6.07, 6.45) is -4.62. The molecule has 0 saturated carbocycles. The van der Waals surface area contributed by atoms with Crippen LogP contribution < -0.4 is 15.2 Å². The number of hydrogen-bond acceptors (Lipinski definition) is 4. The van der Waals surface area contributed by atoms with E-state index in [0.717, 1.165) is 12.1 Å². The highest BCUT2D eigenvalue weighted by Gasteiger charge is 2.30. The number of benzene rings is 1. The summed E-state index contributed by atoms with van der Waals surface area (Å²) in [5, 5.41) is 0. The van der Waals surface area contributed by atoms with Crippen LogP contribution in [0.3, 0.4) is 0 Å². The smallest absolute Gasteiger partial charge is 0.402 e. The van der Waals surface area contributed by atoms with Gasteiger partial charge in [0.15, 0.2) is 0 Å². The molecular formula is C10H13F3N2O3S. The van der Waals surface area contributed by atoms with Crippen molar-refractivity contribution in [3.05, 3.63) is 18.2 Å². The van der Waals surface area contributed by atoms with E-state index in [1.807, 2.05) is 0 Å². The molecule has 0 fully saturated rings. The van der Waals surface area contributed by atoms with Crippen molar-refractivity contribution >= 4 is 15.7 Å². The zero-order valence-electron chi connectivity index (χ0n) is 9.99. The number of sulfonamides is 1. The van der Waals surface area contributed by atoms with Gasteiger partial charge >= 0.3 is 6.18 Å². The molecule has 0 aliphatic heterocycles. The molecule has 9 heteroatoms. The molecule has 0 aliphatic carbocycles. The van der Waals surface area contributed by atoms with Crippen LogP contribution in [0.15, 0.2) is 23.1 Å². The Hall–Kier alpha value is -1.48. The molecule has 0 bridgehead atoms. The first kappa shape index (κ1) is 15.6. The van der Waals surface area contributed by atoms with Crippen LogP contribution in [0.4, 0.5) is 18.9 Å². The molecule has 1 aromatic rings. The number of nitrogen functional groups attached to an aromatic ring is 1. The van der Waals surface area contributed by atoms with E-state index in [4.69, 9.17) is 10.5 Å². The monoisotopic (exact) mass is 298 g/mol. The highest BCUT2D eigenvalue weighted by atomic mass is 32.2. The van der Waals surface area contributed by atoms with Crippen LogP contribution in [-0.4, -0.2) is 27.7 Å². The van der Waals surface area contributed by atoms with Gasteiger partial charge in [-0.05, 0) is 25.1 Å². The zero-order valence-corrected chi connectivity index (χ0v) is 10.8. The molecular weight excluding hydrogens is 285 g/mol. The van der Waals surface area contributed by atoms with Crippen LogP contribution in [-0.2, 0) is 10.0 Å². The lowest BCUT2D eigenvalue weighted by atomic mass is 10.3. The summed E-state index contributed by atoms with van der Waals surface area (Å²) in [5.74, 6) is 0.275. The lowest BCUT2D eigenvalue weighted by Crippen LogP contribution is -2.33. The van der Waals surface area contributed by atoms with Crippen molar-refractivity contribution in [3.8, 4) is 5.75 Å². The van der Waals surface area contributed by atoms with Crippen molar-refractivity contribution in [2.75, 3.05) is 18.9 Å². The van der Waals surface area contributed by atoms with Gasteiger partial charge < -0.3 is 10.5 Å². The fourth-order valence-electron chi connectivity index (χ4n) is 1.24. The lowest BCUT2D eigenvalue weighted by molar-refractivity contribution is -0.121. The minimum atomic E-state index is -4.62. The third kappa shape index (κ3) is 4.60. The summed E-state index contributed by atoms with van der Waals surface area (Å²) in [6, 6.07) is 3.46. The van der Waals surface area contributed by atoms with Gasteiger partial charge in [-0.2, -0.15) is 13.2 Å². The second-order valence-corrected chi connectivity index (χ2v) is 5.34. The van der Waals surface area contributed by atoms with E-state index in [2.05, 4.69) is 0 Å². The van der Waals surface area contributed by atoms with Crippen LogP contribution >= 0.6 is 0 Å². The van der Waals surface area contributed by atoms with E-state index >= 15 is 0 Å². The molecule has 0 radical (unpaired) electrons. The number of anilines is 1. The Morgan fingerprint density at radius 1 is 1.37 bits per heavy atom. The maximum Gasteiger partial charge on any atom is 0.402 e. The number of alkyl halides is 3. The van der Waals surface area contributed by atoms with Crippen molar-refractivity contribution in [1.82, 2.24) is 4.72 Å². The van der Waals surface area contributed by atoms with E-state index in [1.165, 1.54) is 10.8 Å². The average molecular weight is 298 g/mol. The van der Waals surface area contributed by atoms with E-state index in [0.29, 0.717) is 6.61 Å². The van der Waals surface area contributed by atoms with Gasteiger partial charge in [0.25, 0.3) is 0 Å². The maximum absolute atomic E-state index is 12.0. The molecule has 5 nitrogen and oxygen atoms in total. The Kier molecular flexibility index (Phi) is 4.64. The van der Waals surface area contributed by atoms with Crippen molar-refractivity contribution in [1.29, 1.82) is 0 Å². The van der Waals surface area contributed by atoms with Crippen molar-refractivity contribution in [2.24, 2.45) is 0 Å². The van der Waals surface area contributed by atoms with Crippen molar-refractivity contribution in [3.63, 3.8) is 0 Å². The number of halogens is 3. The minimum absolute atomic E-state index is 0.0386. The molecule has 0 heterocycles. The maximum atomic E-state index is 12.0. The highest BCUT2D eigenvalue weighted by molar-refractivity contribution is 7.89. The third-order valence-electron chi connectivity index (χ3n) is 2.05. The quantitative estimate of drug-likeness (QED) is 0.807. The minimum Gasteiger partial charge on any atom is -0.492 e. The molecule has 3 N–H and O–H groups in total. The predicted octanol–water partition coefficient (Wildman–Crippen LogP) is 1.51. The molecule has 0 atom stereocenters. The first-order valence-electron chi connectivity index (χ1n) is 5.24. The number of ether oxygens (including phenoxy) is 1. The number of rotatable bonds is 5. The molecule has 19 heavy (non-hydrogen) atoms. The fraction of sp³-hybridized carbons (Fsp3) is 0.400. The van der Waals surface area contributed by atoms with Gasteiger partial charge in [0, 0.05) is 0 Å². The normalized spacial score (nSPS) is 12.4. The molecule has 0 aliphatic rings. The first-order chi connectivity index (χ1) is 8.65. The van der Waals surface area contributed by atoms with Gasteiger partial charge in [-0.25, -0.2) is 13.1 Å². The average Bonchev–Trinajstić information content (AvgIpc) is 2.29. The molecule has 0 aromatic heterocycles. The van der Waals surface area contributed by atoms with E-state index < -0.39 is 22.7 Å². The Morgan fingerprint density at radius 3 is 2.47 bits per heavy atom. The summed E-state index contributed by atoms with van der Waals surface area (Å²) in [4.78, 5) is -0.349. The number of nitrogens with two attached hydrogens (primary N) is 1. The summed E-state index contributed by atoms with van der Waals surface area (Å²) in [7, 11) is -4.25. The fourth-order valence-corrected chi connectivity index (χ4v) is 2.29. The van der Waals surface area contributed by atoms with Crippen LogP contribution in [0.25, 0.3) is 0 Å². The third-order valence-corrected chi connectivity index (χ3v) is 3.45. The Morgan fingerprint density at radius 2 is 2.00 bits per heavy atom. The largest absolute Gasteiger partial charge is 0.492 e. The summed E-state index contributed by atoms with van der Waals surface area (Å²) in [6.45, 7) is 0.417. The van der Waals surface area contributed by atoms with Crippen LogP contribution in [0.5, 0.6) is 5.75 Å². The molecule has 1 rings (SSSR count). The summed E-state index contributed by atoms with van der Waals surface area (Å²) >= 11 is 0. The second kappa shape index (κ2) is 5.66. The van der Waals surface area contributed by atoms with Crippen LogP contribution in [0, 0.1) is 0 Å². The van der Waals surface area contributed by atoms with Gasteiger partial charge in [0.1, 0.15) is 12.3 Å². The molecule has 0 spiro atoms. The Bertz CT molecular complexity index is 543. The van der Waals surface area contributed by atoms with Gasteiger partial charge in [-0.15, -0.1) is 0 Å². The molecule has 0 unspecified atom stereocenters. The Labute approximate surface area is 108 Å². The number of hydrogen-bond donors (Lipinski definition) is 2. The van der Waals surface area contributed by atoms with E-state index in [-0.39, 0.29) is 16.3 Å². The molecule has 1 aromatic carbocycles. The standard InChI is InChI=1S/C10H13F3N2O3S/c1-2-18-9-4-3-7(5-8(9)14)19(16,17)15-6-10(11,12)13/h3-5,15H,2,6,14H2,1H3. The van der Waals surface area contributed by atoms with Crippen molar-refractivity contribution in [2.45, 2.75) is 18.0 Å². The van der Waals surface area contributed by atoms with E-state index in [1.54, 1.807) is 6.92 Å². The van der Waals surface area contributed by atoms with E-state index in [9.17, 15) is 21.6 Å². The molecule has 108 valence electrons. The van der Waals surface area contributed by atoms with Crippen molar-refractivity contribution < 1.29 is 26.3 Å². The topological polar surface area (TPSA) is 81.4 Å². The molecule has 0 saturated heterocycles.